The minimum absolute atomic E-state index is 0.0683. The summed E-state index contributed by atoms with van der Waals surface area (Å²) in [5.41, 5.74) is 0.823. The second kappa shape index (κ2) is 10.0. The lowest BCUT2D eigenvalue weighted by Crippen LogP contribution is -2.34. The van der Waals surface area contributed by atoms with Crippen molar-refractivity contribution in [1.29, 1.82) is 0 Å². The van der Waals surface area contributed by atoms with Gasteiger partial charge in [-0.1, -0.05) is 24.9 Å². The molecule has 152 valence electrons. The third-order valence-electron chi connectivity index (χ3n) is 3.71. The topological polar surface area (TPSA) is 92.8 Å². The van der Waals surface area contributed by atoms with Crippen LogP contribution in [0, 0.1) is 0 Å². The Morgan fingerprint density at radius 1 is 1.18 bits per heavy atom. The minimum Gasteiger partial charge on any atom is -0.462 e. The summed E-state index contributed by atoms with van der Waals surface area (Å²) in [5, 5.41) is 2.60. The lowest BCUT2D eigenvalue weighted by Gasteiger charge is -2.15. The number of likely N-dealkylation sites (N-methyl/N-ethyl adjacent to an activating group) is 1. The Balaban J connectivity index is 1.93. The number of thiophene rings is 1. The molecule has 0 saturated heterocycles. The SMILES string of the molecule is CCCCOC(=O)c1ccc(NC(=O)CN(C)S(=O)(=O)c2ccc(Cl)s2)cc1. The highest BCUT2D eigenvalue weighted by Crippen LogP contribution is 2.27. The standard InChI is InChI=1S/C18H21ClN2O5S2/c1-3-4-11-26-18(23)13-5-7-14(8-6-13)20-16(22)12-21(2)28(24,25)17-10-9-15(19)27-17/h5-10H,3-4,11-12H2,1-2H3,(H,20,22). The number of nitrogens with zero attached hydrogens (tertiary/aromatic N) is 1. The van der Waals surface area contributed by atoms with Crippen molar-refractivity contribution in [2.45, 2.75) is 24.0 Å². The zero-order valence-electron chi connectivity index (χ0n) is 15.5. The number of carbonyl (C=O) groups excluding carboxylic acids is 2. The molecule has 28 heavy (non-hydrogen) atoms. The van der Waals surface area contributed by atoms with Crippen LogP contribution in [0.1, 0.15) is 30.1 Å². The van der Waals surface area contributed by atoms with Gasteiger partial charge in [0.25, 0.3) is 10.0 Å². The predicted octanol–water partition coefficient (Wildman–Crippen LogP) is 3.62. The van der Waals surface area contributed by atoms with Crippen molar-refractivity contribution in [3.05, 3.63) is 46.3 Å². The van der Waals surface area contributed by atoms with E-state index >= 15 is 0 Å². The van der Waals surface area contributed by atoms with Crippen LogP contribution in [0.5, 0.6) is 0 Å². The first-order valence-electron chi connectivity index (χ1n) is 8.52. The number of halogens is 1. The van der Waals surface area contributed by atoms with Crippen molar-refractivity contribution >= 4 is 50.5 Å². The van der Waals surface area contributed by atoms with E-state index in [1.807, 2.05) is 6.92 Å². The molecule has 0 aliphatic rings. The fraction of sp³-hybridized carbons (Fsp3) is 0.333. The first kappa shape index (κ1) is 22.4. The quantitative estimate of drug-likeness (QED) is 0.471. The highest BCUT2D eigenvalue weighted by Gasteiger charge is 2.24. The molecular weight excluding hydrogens is 424 g/mol. The first-order chi connectivity index (χ1) is 13.2. The zero-order valence-corrected chi connectivity index (χ0v) is 17.9. The first-order valence-corrected chi connectivity index (χ1v) is 11.2. The maximum atomic E-state index is 12.4. The van der Waals surface area contributed by atoms with E-state index in [9.17, 15) is 18.0 Å². The van der Waals surface area contributed by atoms with E-state index in [-0.39, 0.29) is 10.8 Å². The molecule has 0 fully saturated rings. The molecule has 10 heteroatoms. The van der Waals surface area contributed by atoms with Gasteiger partial charge in [0.15, 0.2) is 0 Å². The molecule has 1 amide bonds. The summed E-state index contributed by atoms with van der Waals surface area (Å²) in [6.45, 7) is 2.01. The van der Waals surface area contributed by atoms with Crippen molar-refractivity contribution in [3.8, 4) is 0 Å². The molecule has 2 aromatic rings. The number of unbranched alkanes of at least 4 members (excludes halogenated alkanes) is 1. The van der Waals surface area contributed by atoms with Crippen LogP contribution >= 0.6 is 22.9 Å². The summed E-state index contributed by atoms with van der Waals surface area (Å²) in [7, 11) is -2.47. The van der Waals surface area contributed by atoms with Crippen molar-refractivity contribution in [1.82, 2.24) is 4.31 Å². The lowest BCUT2D eigenvalue weighted by atomic mass is 10.2. The third-order valence-corrected chi connectivity index (χ3v) is 7.22. The molecule has 0 aliphatic carbocycles. The highest BCUT2D eigenvalue weighted by molar-refractivity contribution is 7.91. The Morgan fingerprint density at radius 3 is 2.43 bits per heavy atom. The second-order valence-electron chi connectivity index (χ2n) is 5.93. The summed E-state index contributed by atoms with van der Waals surface area (Å²) >= 11 is 6.70. The molecule has 7 nitrogen and oxygen atoms in total. The van der Waals surface area contributed by atoms with Crippen LogP contribution in [0.4, 0.5) is 5.69 Å². The van der Waals surface area contributed by atoms with E-state index in [2.05, 4.69) is 5.32 Å². The van der Waals surface area contributed by atoms with Crippen molar-refractivity contribution in [2.75, 3.05) is 25.5 Å². The smallest absolute Gasteiger partial charge is 0.338 e. The van der Waals surface area contributed by atoms with Crippen LogP contribution in [0.15, 0.2) is 40.6 Å². The summed E-state index contributed by atoms with van der Waals surface area (Å²) in [4.78, 5) is 24.0. The number of ether oxygens (including phenoxy) is 1. The van der Waals surface area contributed by atoms with E-state index < -0.39 is 21.9 Å². The van der Waals surface area contributed by atoms with Gasteiger partial charge < -0.3 is 10.1 Å². The molecule has 0 spiro atoms. The van der Waals surface area contributed by atoms with Crippen molar-refractivity contribution in [3.63, 3.8) is 0 Å². The number of hydrogen-bond donors (Lipinski definition) is 1. The Hall–Kier alpha value is -1.94. The number of sulfonamides is 1. The average Bonchev–Trinajstić information content (AvgIpc) is 3.09. The molecule has 1 heterocycles. The Morgan fingerprint density at radius 2 is 1.86 bits per heavy atom. The second-order valence-corrected chi connectivity index (χ2v) is 9.92. The van der Waals surface area contributed by atoms with Gasteiger partial charge in [0.05, 0.1) is 23.1 Å². The summed E-state index contributed by atoms with van der Waals surface area (Å²) < 4.78 is 31.3. The monoisotopic (exact) mass is 444 g/mol. The third kappa shape index (κ3) is 6.03. The van der Waals surface area contributed by atoms with Gasteiger partial charge >= 0.3 is 5.97 Å². The predicted molar refractivity (Wildman–Crippen MR) is 109 cm³/mol. The van der Waals surface area contributed by atoms with Gasteiger partial charge in [-0.2, -0.15) is 4.31 Å². The molecule has 1 aromatic carbocycles. The Bertz CT molecular complexity index is 926. The van der Waals surface area contributed by atoms with E-state index in [4.69, 9.17) is 16.3 Å². The van der Waals surface area contributed by atoms with E-state index in [0.717, 1.165) is 28.5 Å². The van der Waals surface area contributed by atoms with Gasteiger partial charge in [-0.15, -0.1) is 11.3 Å². The van der Waals surface area contributed by atoms with Gasteiger partial charge in [-0.3, -0.25) is 4.79 Å². The van der Waals surface area contributed by atoms with Crippen LogP contribution in [-0.4, -0.2) is 44.8 Å². The molecule has 0 radical (unpaired) electrons. The molecule has 1 aromatic heterocycles. The maximum Gasteiger partial charge on any atom is 0.338 e. The van der Waals surface area contributed by atoms with Gasteiger partial charge in [0, 0.05) is 12.7 Å². The Kier molecular flexibility index (Phi) is 7.99. The molecule has 0 aliphatic heterocycles. The van der Waals surface area contributed by atoms with E-state index in [1.165, 1.54) is 31.3 Å². The van der Waals surface area contributed by atoms with E-state index in [1.54, 1.807) is 12.1 Å². The van der Waals surface area contributed by atoms with Crippen LogP contribution in [-0.2, 0) is 19.6 Å². The molecule has 0 atom stereocenters. The van der Waals surface area contributed by atoms with Crippen molar-refractivity contribution < 1.29 is 22.7 Å². The number of esters is 1. The fourth-order valence-corrected chi connectivity index (χ4v) is 4.98. The number of carbonyl (C=O) groups is 2. The number of hydrogen-bond acceptors (Lipinski definition) is 6. The molecule has 0 unspecified atom stereocenters. The zero-order chi connectivity index (χ0) is 20.7. The molecule has 0 saturated carbocycles. The van der Waals surface area contributed by atoms with E-state index in [0.29, 0.717) is 22.2 Å². The van der Waals surface area contributed by atoms with Crippen LogP contribution < -0.4 is 5.32 Å². The molecule has 2 rings (SSSR count). The number of rotatable bonds is 9. The largest absolute Gasteiger partial charge is 0.462 e. The number of amides is 1. The van der Waals surface area contributed by atoms with Crippen LogP contribution in [0.3, 0.4) is 0 Å². The average molecular weight is 445 g/mol. The van der Waals surface area contributed by atoms with Gasteiger partial charge in [-0.05, 0) is 42.8 Å². The number of nitrogens with one attached hydrogen (secondary N) is 1. The highest BCUT2D eigenvalue weighted by atomic mass is 35.5. The van der Waals surface area contributed by atoms with Crippen LogP contribution in [0.2, 0.25) is 4.34 Å². The maximum absolute atomic E-state index is 12.4. The summed E-state index contributed by atoms with van der Waals surface area (Å²) in [6, 6.07) is 9.08. The molecule has 0 bridgehead atoms. The van der Waals surface area contributed by atoms with Gasteiger partial charge in [0.2, 0.25) is 5.91 Å². The minimum atomic E-state index is -3.79. The normalized spacial score (nSPS) is 11.4. The lowest BCUT2D eigenvalue weighted by molar-refractivity contribution is -0.116. The summed E-state index contributed by atoms with van der Waals surface area (Å²) in [6.07, 6.45) is 1.73. The molecular formula is C18H21ClN2O5S2. The van der Waals surface area contributed by atoms with Gasteiger partial charge in [-0.25, -0.2) is 13.2 Å². The van der Waals surface area contributed by atoms with Crippen molar-refractivity contribution in [2.24, 2.45) is 0 Å². The number of anilines is 1. The molecule has 1 N–H and O–H groups in total. The fourth-order valence-electron chi connectivity index (χ4n) is 2.16. The van der Waals surface area contributed by atoms with Gasteiger partial charge in [0.1, 0.15) is 4.21 Å². The summed E-state index contributed by atoms with van der Waals surface area (Å²) in [5.74, 6) is -0.932. The van der Waals surface area contributed by atoms with Crippen LogP contribution in [0.25, 0.3) is 0 Å². The number of benzene rings is 1. The Labute approximate surface area is 173 Å².